The third-order valence-electron chi connectivity index (χ3n) is 3.86. The SMILES string of the molecule is O[C@H]1CC[C@H](Nc2ncc3nnn(-c4ccc(I)cn4)c3n2)C1. The molecule has 0 bridgehead atoms. The highest BCUT2D eigenvalue weighted by atomic mass is 127. The van der Waals surface area contributed by atoms with E-state index in [2.05, 4.69) is 53.2 Å². The van der Waals surface area contributed by atoms with Crippen LogP contribution in [0.2, 0.25) is 0 Å². The van der Waals surface area contributed by atoms with E-state index < -0.39 is 0 Å². The third kappa shape index (κ3) is 2.98. The predicted octanol–water partition coefficient (Wildman–Crippen LogP) is 1.54. The minimum atomic E-state index is -0.237. The summed E-state index contributed by atoms with van der Waals surface area (Å²) >= 11 is 2.20. The van der Waals surface area contributed by atoms with E-state index in [9.17, 15) is 5.11 Å². The quantitative estimate of drug-likeness (QED) is 0.617. The summed E-state index contributed by atoms with van der Waals surface area (Å²) in [6.07, 6.45) is 5.62. The van der Waals surface area contributed by atoms with E-state index in [0.29, 0.717) is 22.9 Å². The molecule has 4 rings (SSSR count). The van der Waals surface area contributed by atoms with Crippen molar-refractivity contribution in [2.45, 2.75) is 31.4 Å². The maximum Gasteiger partial charge on any atom is 0.225 e. The van der Waals surface area contributed by atoms with Gasteiger partial charge in [-0.1, -0.05) is 5.21 Å². The topological polar surface area (TPSA) is 102 Å². The molecule has 1 fully saturated rings. The molecular weight excluding hydrogens is 409 g/mol. The first-order valence-corrected chi connectivity index (χ1v) is 8.42. The summed E-state index contributed by atoms with van der Waals surface area (Å²) < 4.78 is 2.65. The van der Waals surface area contributed by atoms with E-state index in [1.165, 1.54) is 0 Å². The highest BCUT2D eigenvalue weighted by Gasteiger charge is 2.23. The Morgan fingerprint density at radius 2 is 2.13 bits per heavy atom. The highest BCUT2D eigenvalue weighted by molar-refractivity contribution is 14.1. The van der Waals surface area contributed by atoms with Gasteiger partial charge < -0.3 is 10.4 Å². The van der Waals surface area contributed by atoms with Gasteiger partial charge in [-0.25, -0.2) is 9.97 Å². The van der Waals surface area contributed by atoms with Gasteiger partial charge in [0.2, 0.25) is 5.95 Å². The van der Waals surface area contributed by atoms with Crippen molar-refractivity contribution in [3.05, 3.63) is 28.1 Å². The molecule has 3 heterocycles. The van der Waals surface area contributed by atoms with Gasteiger partial charge in [0.05, 0.1) is 12.3 Å². The largest absolute Gasteiger partial charge is 0.393 e. The average molecular weight is 423 g/mol. The zero-order valence-corrected chi connectivity index (χ0v) is 14.3. The molecule has 1 aliphatic rings. The summed E-state index contributed by atoms with van der Waals surface area (Å²) in [5.74, 6) is 1.18. The lowest BCUT2D eigenvalue weighted by Gasteiger charge is -2.11. The van der Waals surface area contributed by atoms with E-state index in [1.807, 2.05) is 12.1 Å². The second kappa shape index (κ2) is 5.96. The Hall–Kier alpha value is -1.88. The van der Waals surface area contributed by atoms with Crippen LogP contribution in [-0.4, -0.2) is 47.2 Å². The van der Waals surface area contributed by atoms with Gasteiger partial charge in [0.15, 0.2) is 17.0 Å². The Labute approximate surface area is 145 Å². The van der Waals surface area contributed by atoms with Gasteiger partial charge in [-0.2, -0.15) is 9.67 Å². The van der Waals surface area contributed by atoms with Crippen LogP contribution in [-0.2, 0) is 0 Å². The number of aliphatic hydroxyl groups excluding tert-OH is 1. The van der Waals surface area contributed by atoms with Crippen LogP contribution in [0.3, 0.4) is 0 Å². The van der Waals surface area contributed by atoms with Crippen molar-refractivity contribution in [1.82, 2.24) is 29.9 Å². The highest BCUT2D eigenvalue weighted by Crippen LogP contribution is 2.22. The molecule has 1 saturated carbocycles. The normalized spacial score (nSPS) is 21.0. The smallest absolute Gasteiger partial charge is 0.225 e. The first-order chi connectivity index (χ1) is 11.2. The molecule has 0 saturated heterocycles. The molecule has 9 heteroatoms. The van der Waals surface area contributed by atoms with E-state index in [4.69, 9.17) is 0 Å². The molecule has 23 heavy (non-hydrogen) atoms. The standard InChI is InChI=1S/C14H14IN7O/c15-8-1-4-12(16-6-8)22-13-11(20-21-22)7-17-14(19-13)18-9-2-3-10(23)5-9/h1,4,6-7,9-10,23H,2-3,5H2,(H,17,18,19)/t9-,10-/m0/s1. The molecule has 0 radical (unpaired) electrons. The number of rotatable bonds is 3. The number of hydrogen-bond donors (Lipinski definition) is 2. The summed E-state index contributed by atoms with van der Waals surface area (Å²) in [4.78, 5) is 13.1. The second-order valence-corrected chi connectivity index (χ2v) is 6.79. The van der Waals surface area contributed by atoms with Crippen LogP contribution in [0.4, 0.5) is 5.95 Å². The van der Waals surface area contributed by atoms with Crippen LogP contribution in [0.1, 0.15) is 19.3 Å². The summed E-state index contributed by atoms with van der Waals surface area (Å²) in [7, 11) is 0. The van der Waals surface area contributed by atoms with Crippen molar-refractivity contribution in [3.63, 3.8) is 0 Å². The zero-order chi connectivity index (χ0) is 15.8. The van der Waals surface area contributed by atoms with Gasteiger partial charge >= 0.3 is 0 Å². The number of nitrogens with zero attached hydrogens (tertiary/aromatic N) is 6. The van der Waals surface area contributed by atoms with Crippen LogP contribution >= 0.6 is 22.6 Å². The molecule has 8 nitrogen and oxygen atoms in total. The Morgan fingerprint density at radius 1 is 1.22 bits per heavy atom. The lowest BCUT2D eigenvalue weighted by atomic mass is 10.2. The molecule has 0 unspecified atom stereocenters. The molecule has 0 aromatic carbocycles. The summed E-state index contributed by atoms with van der Waals surface area (Å²) in [6, 6.07) is 4.03. The number of nitrogens with one attached hydrogen (secondary N) is 1. The minimum absolute atomic E-state index is 0.197. The summed E-state index contributed by atoms with van der Waals surface area (Å²) in [6.45, 7) is 0. The van der Waals surface area contributed by atoms with Gasteiger partial charge in [-0.3, -0.25) is 0 Å². The fourth-order valence-corrected chi connectivity index (χ4v) is 3.04. The molecule has 3 aromatic heterocycles. The lowest BCUT2D eigenvalue weighted by molar-refractivity contribution is 0.182. The fraction of sp³-hybridized carbons (Fsp3) is 0.357. The van der Waals surface area contributed by atoms with E-state index in [0.717, 1.165) is 22.8 Å². The first kappa shape index (κ1) is 14.7. The van der Waals surface area contributed by atoms with Crippen molar-refractivity contribution in [2.75, 3.05) is 5.32 Å². The molecule has 0 amide bonds. The maximum absolute atomic E-state index is 9.62. The number of aliphatic hydroxyl groups is 1. The lowest BCUT2D eigenvalue weighted by Crippen LogP contribution is -2.18. The van der Waals surface area contributed by atoms with Crippen molar-refractivity contribution in [1.29, 1.82) is 0 Å². The fourth-order valence-electron chi connectivity index (χ4n) is 2.72. The van der Waals surface area contributed by atoms with Crippen molar-refractivity contribution < 1.29 is 5.11 Å². The average Bonchev–Trinajstić information content (AvgIpc) is 3.14. The number of halogens is 1. The molecule has 2 N–H and O–H groups in total. The Bertz CT molecular complexity index is 835. The monoisotopic (exact) mass is 423 g/mol. The maximum atomic E-state index is 9.62. The number of pyridine rings is 1. The number of fused-ring (bicyclic) bond motifs is 1. The van der Waals surface area contributed by atoms with Crippen molar-refractivity contribution >= 4 is 39.7 Å². The Balaban J connectivity index is 1.67. The number of hydrogen-bond acceptors (Lipinski definition) is 7. The second-order valence-electron chi connectivity index (χ2n) is 5.55. The molecule has 2 atom stereocenters. The number of anilines is 1. The van der Waals surface area contributed by atoms with Crippen molar-refractivity contribution in [2.24, 2.45) is 0 Å². The van der Waals surface area contributed by atoms with Crippen LogP contribution in [0.5, 0.6) is 0 Å². The Kier molecular flexibility index (Phi) is 3.81. The summed E-state index contributed by atoms with van der Waals surface area (Å²) in [5, 5.41) is 21.1. The molecule has 1 aliphatic carbocycles. The van der Waals surface area contributed by atoms with E-state index >= 15 is 0 Å². The molecular formula is C14H14IN7O. The summed E-state index contributed by atoms with van der Waals surface area (Å²) in [5.41, 5.74) is 1.22. The van der Waals surface area contributed by atoms with Crippen molar-refractivity contribution in [3.8, 4) is 5.82 Å². The molecule has 3 aromatic rings. The van der Waals surface area contributed by atoms with Crippen LogP contribution in [0.25, 0.3) is 17.0 Å². The minimum Gasteiger partial charge on any atom is -0.393 e. The van der Waals surface area contributed by atoms with Crippen LogP contribution in [0, 0.1) is 3.57 Å². The molecule has 0 spiro atoms. The van der Waals surface area contributed by atoms with E-state index in [1.54, 1.807) is 17.1 Å². The van der Waals surface area contributed by atoms with Crippen LogP contribution in [0.15, 0.2) is 24.5 Å². The van der Waals surface area contributed by atoms with E-state index in [-0.39, 0.29) is 12.1 Å². The molecule has 118 valence electrons. The van der Waals surface area contributed by atoms with Crippen LogP contribution < -0.4 is 5.32 Å². The van der Waals surface area contributed by atoms with Gasteiger partial charge in [-0.05, 0) is 54.0 Å². The zero-order valence-electron chi connectivity index (χ0n) is 12.1. The number of aromatic nitrogens is 6. The van der Waals surface area contributed by atoms with Gasteiger partial charge in [0, 0.05) is 15.8 Å². The van der Waals surface area contributed by atoms with Gasteiger partial charge in [0.1, 0.15) is 0 Å². The van der Waals surface area contributed by atoms with Gasteiger partial charge in [0.25, 0.3) is 0 Å². The third-order valence-corrected chi connectivity index (χ3v) is 4.50. The predicted molar refractivity (Wildman–Crippen MR) is 92.2 cm³/mol. The van der Waals surface area contributed by atoms with Gasteiger partial charge in [-0.15, -0.1) is 5.10 Å². The molecule has 0 aliphatic heterocycles. The Morgan fingerprint density at radius 3 is 2.87 bits per heavy atom. The first-order valence-electron chi connectivity index (χ1n) is 7.34.